The Hall–Kier alpha value is -1.71. The predicted octanol–water partition coefficient (Wildman–Crippen LogP) is 2.93. The molecule has 0 saturated carbocycles. The van der Waals surface area contributed by atoms with E-state index in [4.69, 9.17) is 4.74 Å². The highest BCUT2D eigenvalue weighted by Crippen LogP contribution is 2.14. The van der Waals surface area contributed by atoms with Crippen LogP contribution < -0.4 is 0 Å². The minimum absolute atomic E-state index is 0.0329. The molecule has 1 aromatic carbocycles. The van der Waals surface area contributed by atoms with Gasteiger partial charge >= 0.3 is 5.97 Å². The fourth-order valence-electron chi connectivity index (χ4n) is 1.16. The molecule has 0 aromatic heterocycles. The molecule has 16 heavy (non-hydrogen) atoms. The van der Waals surface area contributed by atoms with Crippen molar-refractivity contribution in [3.05, 3.63) is 41.0 Å². The van der Waals surface area contributed by atoms with Crippen molar-refractivity contribution in [2.75, 3.05) is 6.61 Å². The van der Waals surface area contributed by atoms with Gasteiger partial charge in [-0.25, -0.2) is 13.6 Å². The summed E-state index contributed by atoms with van der Waals surface area (Å²) in [5.74, 6) is -1.67. The van der Waals surface area contributed by atoms with Gasteiger partial charge in [0.05, 0.1) is 6.61 Å². The maximum Gasteiger partial charge on any atom is 0.333 e. The lowest BCUT2D eigenvalue weighted by molar-refractivity contribution is -0.138. The second kappa shape index (κ2) is 5.39. The minimum atomic E-state index is -0.579. The van der Waals surface area contributed by atoms with Crippen molar-refractivity contribution < 1.29 is 18.3 Å². The largest absolute Gasteiger partial charge is 0.463 e. The van der Waals surface area contributed by atoms with Crippen LogP contribution in [0, 0.1) is 11.6 Å². The molecule has 1 rings (SSSR count). The fourth-order valence-corrected chi connectivity index (χ4v) is 1.16. The lowest BCUT2D eigenvalue weighted by Gasteiger charge is -2.02. The van der Waals surface area contributed by atoms with Crippen molar-refractivity contribution in [3.8, 4) is 0 Å². The van der Waals surface area contributed by atoms with Crippen molar-refractivity contribution in [1.82, 2.24) is 0 Å². The molecule has 0 aliphatic carbocycles. The molecule has 0 heterocycles. The first-order valence-corrected chi connectivity index (χ1v) is 4.85. The van der Waals surface area contributed by atoms with Crippen LogP contribution in [0.25, 0.3) is 6.08 Å². The molecular weight excluding hydrogens is 214 g/mol. The van der Waals surface area contributed by atoms with Crippen molar-refractivity contribution in [1.29, 1.82) is 0 Å². The second-order valence-corrected chi connectivity index (χ2v) is 3.21. The Kier molecular flexibility index (Phi) is 4.17. The normalized spacial score (nSPS) is 11.4. The summed E-state index contributed by atoms with van der Waals surface area (Å²) in [6.07, 6.45) is 1.26. The highest BCUT2D eigenvalue weighted by Gasteiger charge is 2.07. The molecule has 0 radical (unpaired) electrons. The number of halogens is 2. The summed E-state index contributed by atoms with van der Waals surface area (Å²) in [4.78, 5) is 11.2. The topological polar surface area (TPSA) is 26.3 Å². The highest BCUT2D eigenvalue weighted by atomic mass is 19.1. The van der Waals surface area contributed by atoms with Gasteiger partial charge in [0.2, 0.25) is 0 Å². The molecule has 86 valence electrons. The Labute approximate surface area is 92.5 Å². The highest BCUT2D eigenvalue weighted by molar-refractivity contribution is 5.93. The summed E-state index contributed by atoms with van der Waals surface area (Å²) < 4.78 is 30.8. The Bertz CT molecular complexity index is 425. The van der Waals surface area contributed by atoms with Gasteiger partial charge in [0.25, 0.3) is 0 Å². The Morgan fingerprint density at radius 1 is 1.44 bits per heavy atom. The summed E-state index contributed by atoms with van der Waals surface area (Å²) in [5, 5.41) is 0. The van der Waals surface area contributed by atoms with Crippen molar-refractivity contribution >= 4 is 12.0 Å². The smallest absolute Gasteiger partial charge is 0.333 e. The number of hydrogen-bond acceptors (Lipinski definition) is 2. The van der Waals surface area contributed by atoms with E-state index in [-0.39, 0.29) is 17.7 Å². The van der Waals surface area contributed by atoms with Crippen LogP contribution in [0.5, 0.6) is 0 Å². The molecule has 0 N–H and O–H groups in total. The average Bonchev–Trinajstić information content (AvgIpc) is 2.23. The van der Waals surface area contributed by atoms with E-state index < -0.39 is 17.6 Å². The molecule has 0 bridgehead atoms. The van der Waals surface area contributed by atoms with Gasteiger partial charge in [-0.3, -0.25) is 0 Å². The molecule has 0 fully saturated rings. The Balaban J connectivity index is 2.97. The van der Waals surface area contributed by atoms with E-state index in [1.807, 2.05) is 0 Å². The lowest BCUT2D eigenvalue weighted by atomic mass is 10.1. The summed E-state index contributed by atoms with van der Waals surface area (Å²) in [7, 11) is 0. The molecule has 4 heteroatoms. The maximum atomic E-state index is 13.2. The van der Waals surface area contributed by atoms with Gasteiger partial charge in [0.1, 0.15) is 11.6 Å². The average molecular weight is 226 g/mol. The first-order chi connectivity index (χ1) is 7.54. The lowest BCUT2D eigenvalue weighted by Crippen LogP contribution is -2.05. The van der Waals surface area contributed by atoms with Crippen LogP contribution >= 0.6 is 0 Å². The number of carbonyl (C=O) groups excluding carboxylic acids is 1. The molecule has 0 atom stereocenters. The molecular formula is C12H12F2O2. The standard InChI is InChI=1S/C12H12F2O2/c1-3-16-12(15)8(2)6-9-7-10(13)4-5-11(9)14/h4-7H,3H2,1-2H3/b8-6+. The van der Waals surface area contributed by atoms with Crippen LogP contribution in [0.1, 0.15) is 19.4 Å². The van der Waals surface area contributed by atoms with E-state index in [1.54, 1.807) is 6.92 Å². The van der Waals surface area contributed by atoms with Gasteiger partial charge in [0.15, 0.2) is 0 Å². The molecule has 0 aliphatic heterocycles. The monoisotopic (exact) mass is 226 g/mol. The van der Waals surface area contributed by atoms with Crippen LogP contribution in [0.2, 0.25) is 0 Å². The van der Waals surface area contributed by atoms with Crippen LogP contribution in [0.3, 0.4) is 0 Å². The van der Waals surface area contributed by atoms with E-state index in [0.717, 1.165) is 18.2 Å². The molecule has 0 unspecified atom stereocenters. The number of benzene rings is 1. The van der Waals surface area contributed by atoms with Gasteiger partial charge in [-0.15, -0.1) is 0 Å². The van der Waals surface area contributed by atoms with Crippen molar-refractivity contribution in [2.24, 2.45) is 0 Å². The molecule has 2 nitrogen and oxygen atoms in total. The number of rotatable bonds is 3. The third-order valence-corrected chi connectivity index (χ3v) is 1.93. The Morgan fingerprint density at radius 2 is 2.12 bits per heavy atom. The van der Waals surface area contributed by atoms with Crippen LogP contribution in [0.4, 0.5) is 8.78 Å². The van der Waals surface area contributed by atoms with E-state index in [9.17, 15) is 13.6 Å². The number of carbonyl (C=O) groups is 1. The van der Waals surface area contributed by atoms with Gasteiger partial charge in [-0.2, -0.15) is 0 Å². The molecule has 0 saturated heterocycles. The zero-order valence-corrected chi connectivity index (χ0v) is 9.09. The third-order valence-electron chi connectivity index (χ3n) is 1.93. The number of hydrogen-bond donors (Lipinski definition) is 0. The molecule has 0 aliphatic rings. The van der Waals surface area contributed by atoms with Gasteiger partial charge in [-0.1, -0.05) is 0 Å². The van der Waals surface area contributed by atoms with Gasteiger partial charge in [0, 0.05) is 11.1 Å². The first kappa shape index (κ1) is 12.4. The van der Waals surface area contributed by atoms with Crippen LogP contribution in [0.15, 0.2) is 23.8 Å². The fraction of sp³-hybridized carbons (Fsp3) is 0.250. The predicted molar refractivity (Wildman–Crippen MR) is 56.6 cm³/mol. The summed E-state index contributed by atoms with van der Waals surface area (Å²) in [5.41, 5.74) is 0.261. The summed E-state index contributed by atoms with van der Waals surface area (Å²) in [6, 6.07) is 3.06. The Morgan fingerprint density at radius 3 is 2.75 bits per heavy atom. The first-order valence-electron chi connectivity index (χ1n) is 4.85. The summed E-state index contributed by atoms with van der Waals surface area (Å²) >= 11 is 0. The van der Waals surface area contributed by atoms with E-state index in [1.165, 1.54) is 13.0 Å². The third kappa shape index (κ3) is 3.15. The number of esters is 1. The minimum Gasteiger partial charge on any atom is -0.463 e. The van der Waals surface area contributed by atoms with Crippen LogP contribution in [-0.4, -0.2) is 12.6 Å². The molecule has 0 amide bonds. The van der Waals surface area contributed by atoms with E-state index >= 15 is 0 Å². The van der Waals surface area contributed by atoms with E-state index in [0.29, 0.717) is 0 Å². The molecule has 0 spiro atoms. The SMILES string of the molecule is CCOC(=O)/C(C)=C/c1cc(F)ccc1F. The molecule has 1 aromatic rings. The zero-order valence-electron chi connectivity index (χ0n) is 9.09. The van der Waals surface area contributed by atoms with Crippen LogP contribution in [-0.2, 0) is 9.53 Å². The summed E-state index contributed by atoms with van der Waals surface area (Å²) in [6.45, 7) is 3.41. The number of ether oxygens (including phenoxy) is 1. The van der Waals surface area contributed by atoms with Gasteiger partial charge < -0.3 is 4.74 Å². The van der Waals surface area contributed by atoms with Crippen molar-refractivity contribution in [3.63, 3.8) is 0 Å². The van der Waals surface area contributed by atoms with Gasteiger partial charge in [-0.05, 0) is 38.1 Å². The quantitative estimate of drug-likeness (QED) is 0.585. The second-order valence-electron chi connectivity index (χ2n) is 3.21. The van der Waals surface area contributed by atoms with E-state index in [2.05, 4.69) is 0 Å². The van der Waals surface area contributed by atoms with Crippen molar-refractivity contribution in [2.45, 2.75) is 13.8 Å². The maximum absolute atomic E-state index is 13.2. The zero-order chi connectivity index (χ0) is 12.1.